The number of ether oxygens (including phenoxy) is 6. The highest BCUT2D eigenvalue weighted by Crippen LogP contribution is 2.29. The van der Waals surface area contributed by atoms with Crippen LogP contribution in [0.4, 0.5) is 0 Å². The number of epoxide rings is 3. The molecule has 3 radical (unpaired) electrons. The minimum absolute atomic E-state index is 0.213. The molecule has 3 fully saturated rings. The fourth-order valence-electron chi connectivity index (χ4n) is 3.15. The number of hydrogen-bond acceptors (Lipinski definition) is 7. The second-order valence-electron chi connectivity index (χ2n) is 7.69. The van der Waals surface area contributed by atoms with Gasteiger partial charge in [-0.25, -0.2) is 0 Å². The molecular weight excluding hydrogens is 368 g/mol. The molecule has 3 aliphatic rings. The topological polar surface area (TPSA) is 74.5 Å². The van der Waals surface area contributed by atoms with Crippen molar-refractivity contribution < 1.29 is 32.8 Å². The lowest BCUT2D eigenvalue weighted by Gasteiger charge is -2.33. The molecule has 0 aromatic heterocycles. The third-order valence-corrected chi connectivity index (χ3v) is 5.53. The first-order valence-electron chi connectivity index (χ1n) is 10.2. The van der Waals surface area contributed by atoms with Crippen LogP contribution in [-0.2, 0) is 32.8 Å². The van der Waals surface area contributed by atoms with Gasteiger partial charge in [-0.3, -0.25) is 0 Å². The lowest BCUT2D eigenvalue weighted by atomic mass is 9.88. The fourth-order valence-corrected chi connectivity index (χ4v) is 3.46. The van der Waals surface area contributed by atoms with Crippen molar-refractivity contribution in [2.45, 2.75) is 62.4 Å². The zero-order chi connectivity index (χ0) is 18.8. The van der Waals surface area contributed by atoms with Gasteiger partial charge in [-0.1, -0.05) is 0 Å². The summed E-state index contributed by atoms with van der Waals surface area (Å²) in [5.74, 6) is 0. The van der Waals surface area contributed by atoms with Gasteiger partial charge in [-0.05, 0) is 38.5 Å². The predicted molar refractivity (Wildman–Crippen MR) is 98.9 cm³/mol. The molecule has 0 aromatic rings. The maximum Gasteiger partial charge on any atom is 0.247 e. The Morgan fingerprint density at radius 3 is 1.26 bits per heavy atom. The van der Waals surface area contributed by atoms with Crippen molar-refractivity contribution >= 4 is 10.5 Å². The molecule has 0 N–H and O–H groups in total. The summed E-state index contributed by atoms with van der Waals surface area (Å²) in [4.78, 5) is 0. The molecule has 7 nitrogen and oxygen atoms in total. The molecule has 0 aromatic carbocycles. The lowest BCUT2D eigenvalue weighted by molar-refractivity contribution is 0.0123. The van der Waals surface area contributed by atoms with Gasteiger partial charge in [-0.15, -0.1) is 0 Å². The Morgan fingerprint density at radius 2 is 1.00 bits per heavy atom. The van der Waals surface area contributed by atoms with Gasteiger partial charge in [0.25, 0.3) is 0 Å². The van der Waals surface area contributed by atoms with Crippen LogP contribution in [0.5, 0.6) is 0 Å². The SMILES string of the molecule is [Si]OC(CCCOCC1CO1)(CCCOCC1CO1)CCCOCC1CO1. The van der Waals surface area contributed by atoms with Gasteiger partial charge < -0.3 is 32.8 Å². The van der Waals surface area contributed by atoms with E-state index in [4.69, 9.17) is 32.8 Å². The smallest absolute Gasteiger partial charge is 0.247 e. The third-order valence-electron chi connectivity index (χ3n) is 5.10. The largest absolute Gasteiger partial charge is 0.413 e. The van der Waals surface area contributed by atoms with Crippen molar-refractivity contribution in [3.63, 3.8) is 0 Å². The summed E-state index contributed by atoms with van der Waals surface area (Å²) in [6.07, 6.45) is 6.68. The Labute approximate surface area is 165 Å². The molecule has 3 aliphatic heterocycles. The summed E-state index contributed by atoms with van der Waals surface area (Å²) in [6.45, 7) is 6.85. The summed E-state index contributed by atoms with van der Waals surface area (Å²) >= 11 is 0. The first kappa shape index (κ1) is 21.6. The van der Waals surface area contributed by atoms with Crippen molar-refractivity contribution in [2.24, 2.45) is 0 Å². The van der Waals surface area contributed by atoms with E-state index in [1.54, 1.807) is 0 Å². The molecule has 8 heteroatoms. The molecule has 0 aliphatic carbocycles. The first-order chi connectivity index (χ1) is 13.3. The van der Waals surface area contributed by atoms with Crippen LogP contribution in [0.15, 0.2) is 0 Å². The molecule has 3 atom stereocenters. The van der Waals surface area contributed by atoms with E-state index in [9.17, 15) is 0 Å². The van der Waals surface area contributed by atoms with Crippen LogP contribution in [-0.4, -0.2) is 93.9 Å². The van der Waals surface area contributed by atoms with Crippen molar-refractivity contribution in [3.05, 3.63) is 0 Å². The van der Waals surface area contributed by atoms with Gasteiger partial charge in [0.05, 0.1) is 45.2 Å². The van der Waals surface area contributed by atoms with Gasteiger partial charge in [0.15, 0.2) is 0 Å². The summed E-state index contributed by atoms with van der Waals surface area (Å²) in [6, 6.07) is 0. The van der Waals surface area contributed by atoms with Crippen molar-refractivity contribution in [1.82, 2.24) is 0 Å². The summed E-state index contributed by atoms with van der Waals surface area (Å²) in [7, 11) is 3.35. The molecule has 3 saturated heterocycles. The maximum atomic E-state index is 5.82. The van der Waals surface area contributed by atoms with Crippen LogP contribution in [0.1, 0.15) is 38.5 Å². The molecule has 3 rings (SSSR count). The van der Waals surface area contributed by atoms with Gasteiger partial charge in [0, 0.05) is 19.8 Å². The fraction of sp³-hybridized carbons (Fsp3) is 1.00. The summed E-state index contributed by atoms with van der Waals surface area (Å²) in [5, 5.41) is 0. The van der Waals surface area contributed by atoms with E-state index >= 15 is 0 Å². The van der Waals surface area contributed by atoms with E-state index in [2.05, 4.69) is 10.5 Å². The van der Waals surface area contributed by atoms with E-state index in [1.165, 1.54) is 0 Å². The minimum Gasteiger partial charge on any atom is -0.413 e. The van der Waals surface area contributed by atoms with Crippen molar-refractivity contribution in [2.75, 3.05) is 59.5 Å². The molecular formula is C19H33O7Si. The van der Waals surface area contributed by atoms with Crippen LogP contribution >= 0.6 is 0 Å². The number of hydrogen-bond donors (Lipinski definition) is 0. The molecule has 3 heterocycles. The predicted octanol–water partition coefficient (Wildman–Crippen LogP) is 1.41. The van der Waals surface area contributed by atoms with Crippen LogP contribution in [0, 0.1) is 0 Å². The zero-order valence-corrected chi connectivity index (χ0v) is 17.2. The van der Waals surface area contributed by atoms with Gasteiger partial charge >= 0.3 is 0 Å². The molecule has 0 amide bonds. The molecule has 155 valence electrons. The molecule has 0 spiro atoms. The second-order valence-corrected chi connectivity index (χ2v) is 7.89. The average molecular weight is 402 g/mol. The van der Waals surface area contributed by atoms with Crippen molar-refractivity contribution in [1.29, 1.82) is 0 Å². The zero-order valence-electron chi connectivity index (χ0n) is 16.2. The molecule has 0 saturated carbocycles. The summed E-state index contributed by atoms with van der Waals surface area (Å²) in [5.41, 5.74) is -0.213. The maximum absolute atomic E-state index is 5.82. The number of rotatable bonds is 19. The van der Waals surface area contributed by atoms with Crippen LogP contribution in [0.25, 0.3) is 0 Å². The van der Waals surface area contributed by atoms with Crippen LogP contribution < -0.4 is 0 Å². The van der Waals surface area contributed by atoms with Gasteiger partial charge in [0.1, 0.15) is 18.3 Å². The van der Waals surface area contributed by atoms with E-state index in [0.29, 0.717) is 38.1 Å². The van der Waals surface area contributed by atoms with Crippen LogP contribution in [0.3, 0.4) is 0 Å². The Morgan fingerprint density at radius 1 is 0.667 bits per heavy atom. The molecule has 27 heavy (non-hydrogen) atoms. The van der Waals surface area contributed by atoms with Gasteiger partial charge in [-0.2, -0.15) is 0 Å². The van der Waals surface area contributed by atoms with Gasteiger partial charge in [0.2, 0.25) is 10.5 Å². The highest BCUT2D eigenvalue weighted by atomic mass is 28.2. The van der Waals surface area contributed by atoms with Crippen LogP contribution in [0.2, 0.25) is 0 Å². The highest BCUT2D eigenvalue weighted by molar-refractivity contribution is 5.98. The van der Waals surface area contributed by atoms with E-state index in [0.717, 1.165) is 78.2 Å². The lowest BCUT2D eigenvalue weighted by Crippen LogP contribution is -2.33. The summed E-state index contributed by atoms with van der Waals surface area (Å²) < 4.78 is 38.4. The quantitative estimate of drug-likeness (QED) is 0.184. The van der Waals surface area contributed by atoms with E-state index in [1.807, 2.05) is 0 Å². The Hall–Kier alpha value is -0.0631. The highest BCUT2D eigenvalue weighted by Gasteiger charge is 2.29. The van der Waals surface area contributed by atoms with Crippen molar-refractivity contribution in [3.8, 4) is 0 Å². The Balaban J connectivity index is 1.31. The third kappa shape index (κ3) is 9.80. The second kappa shape index (κ2) is 11.8. The monoisotopic (exact) mass is 401 g/mol. The standard InChI is InChI=1S/C19H33O7Si/c27-26-19(4-1-7-20-10-16-13-23-16,5-2-8-21-11-17-14-24-17)6-3-9-22-12-18-15-25-18/h16-18H,1-15H2. The minimum atomic E-state index is -0.213. The molecule has 3 unspecified atom stereocenters. The Bertz CT molecular complexity index is 344. The normalized spacial score (nSPS) is 28.1. The Kier molecular flexibility index (Phi) is 9.48. The molecule has 0 bridgehead atoms. The first-order valence-corrected chi connectivity index (χ1v) is 10.6. The average Bonchev–Trinajstić information content (AvgIpc) is 3.53. The van der Waals surface area contributed by atoms with E-state index in [-0.39, 0.29) is 5.60 Å². The van der Waals surface area contributed by atoms with E-state index < -0.39 is 0 Å².